The fraction of sp³-hybridized carbons (Fsp3) is 0.524. The molecule has 4 unspecified atom stereocenters. The molecule has 11 rings (SSSR count). The van der Waals surface area contributed by atoms with E-state index in [1.807, 2.05) is 0 Å². The number of anilines is 1. The summed E-state index contributed by atoms with van der Waals surface area (Å²) in [6.07, 6.45) is 0. The predicted molar refractivity (Wildman–Crippen MR) is 91.0 cm³/mol. The molecular weight excluding hydrogens is 370 g/mol. The van der Waals surface area contributed by atoms with E-state index in [0.717, 1.165) is 9.63 Å². The number of carbonyl (C=O) groups is 2. The van der Waals surface area contributed by atoms with Gasteiger partial charge in [0.2, 0.25) is 0 Å². The van der Waals surface area contributed by atoms with Crippen molar-refractivity contribution in [2.24, 2.45) is 0 Å². The molecule has 0 bridgehead atoms. The number of aromatic hydroxyl groups is 1. The van der Waals surface area contributed by atoms with Crippen molar-refractivity contribution in [3.05, 3.63) is 23.8 Å². The third kappa shape index (κ3) is 0.177. The molecule has 10 aliphatic rings. The number of phenols is 1. The molecule has 10 heterocycles. The Balaban J connectivity index is 1.06. The molecule has 10 fully saturated rings. The number of phenolic OH excluding ortho intramolecular Hbond substituents is 1. The standard InChI is InChI=1S/C16H12NO3.C5H5.Fe/c1-11(18)17-13-7-8-14(16(20)10-13)15(19)9-6-12-4-2-3-5-12;1-2-4-5-3-1;/h2-5,7-8,10,20H,1H3,(H,17,18);1-5H;. The molecule has 10 aliphatic heterocycles. The average Bonchev–Trinajstić information content (AvgIpc) is 3.52. The van der Waals surface area contributed by atoms with Gasteiger partial charge in [0.1, 0.15) is 0 Å². The second kappa shape index (κ2) is 1.22. The number of ketones is 1. The van der Waals surface area contributed by atoms with Crippen LogP contribution in [0, 0.1) is 11.8 Å². The first-order valence-corrected chi connectivity index (χ1v) is 15.9. The van der Waals surface area contributed by atoms with Crippen molar-refractivity contribution in [3.63, 3.8) is 0 Å². The van der Waals surface area contributed by atoms with Gasteiger partial charge in [0.05, 0.1) is 0 Å². The van der Waals surface area contributed by atoms with Crippen molar-refractivity contribution < 1.29 is 21.2 Å². The molecule has 4 atom stereocenters. The van der Waals surface area contributed by atoms with E-state index >= 15 is 0 Å². The van der Waals surface area contributed by atoms with Crippen LogP contribution in [-0.2, 0) is 11.3 Å². The first-order valence-electron chi connectivity index (χ1n) is 9.63. The van der Waals surface area contributed by atoms with Gasteiger partial charge in [0, 0.05) is 0 Å². The van der Waals surface area contributed by atoms with Crippen LogP contribution in [0.4, 0.5) is 5.69 Å². The Hall–Kier alpha value is -1.76. The van der Waals surface area contributed by atoms with Gasteiger partial charge in [-0.25, -0.2) is 0 Å². The summed E-state index contributed by atoms with van der Waals surface area (Å²) in [4.78, 5) is 34.4. The molecule has 1 aromatic carbocycles. The summed E-state index contributed by atoms with van der Waals surface area (Å²) < 4.78 is 0.417. The third-order valence-electron chi connectivity index (χ3n) is 16.6. The second-order valence-electron chi connectivity index (χ2n) is 12.7. The van der Waals surface area contributed by atoms with E-state index in [1.54, 1.807) is 12.1 Å². The van der Waals surface area contributed by atoms with Gasteiger partial charge in [-0.15, -0.1) is 0 Å². The van der Waals surface area contributed by atoms with Crippen molar-refractivity contribution in [1.82, 2.24) is 0 Å². The van der Waals surface area contributed by atoms with Crippen LogP contribution in [0.3, 0.4) is 0 Å². The number of amides is 1. The molecular formula is C21H17FeNO3. The van der Waals surface area contributed by atoms with Gasteiger partial charge in [-0.2, -0.15) is 0 Å². The minimum atomic E-state index is -3.24. The molecule has 0 aliphatic carbocycles. The Morgan fingerprint density at radius 3 is 2.12 bits per heavy atom. The van der Waals surface area contributed by atoms with E-state index in [0.29, 0.717) is 10.0 Å². The number of nitrogens with one attached hydrogen (secondary N) is 1. The molecule has 1 amide bonds. The minimum absolute atomic E-state index is 0.0966. The summed E-state index contributed by atoms with van der Waals surface area (Å²) >= 11 is 0. The summed E-state index contributed by atoms with van der Waals surface area (Å²) in [5, 5.41) is 12.8. The van der Waals surface area contributed by atoms with E-state index < -0.39 is 6.51 Å². The summed E-state index contributed by atoms with van der Waals surface area (Å²) in [5.74, 6) is 6.12. The Morgan fingerprint density at radius 1 is 1.08 bits per heavy atom. The second-order valence-corrected chi connectivity index (χ2v) is 36.2. The summed E-state index contributed by atoms with van der Waals surface area (Å²) in [5.41, 5.74) is 0.759. The first-order chi connectivity index (χ1) is 12.2. The van der Waals surface area contributed by atoms with Crippen LogP contribution in [0.2, 0.25) is 47.7 Å². The zero-order valence-corrected chi connectivity index (χ0v) is 15.1. The van der Waals surface area contributed by atoms with Crippen molar-refractivity contribution in [3.8, 4) is 17.6 Å². The van der Waals surface area contributed by atoms with Crippen LogP contribution < -0.4 is 5.32 Å². The molecule has 26 heavy (non-hydrogen) atoms. The average molecular weight is 387 g/mol. The van der Waals surface area contributed by atoms with Gasteiger partial charge in [0.15, 0.2) is 0 Å². The SMILES string of the molecule is CC(=O)Nc1ccc(C(=O)C#C[C]23[CH]4[CH]5[CH]6[CH]2[Fe]56432789[CH]3[CH]2[CH]7[CH]8[CH]39)c(O)c1. The molecule has 132 valence electrons. The van der Waals surface area contributed by atoms with Gasteiger partial charge in [-0.05, 0) is 0 Å². The number of hydrogen-bond acceptors (Lipinski definition) is 3. The fourth-order valence-electron chi connectivity index (χ4n) is 17.7. The number of fused-ring (bicyclic) bond motifs is 10. The van der Waals surface area contributed by atoms with Crippen LogP contribution in [-0.4, -0.2) is 16.8 Å². The first kappa shape index (κ1) is 11.2. The number of carbonyl (C=O) groups excluding carboxylic acids is 2. The predicted octanol–water partition coefficient (Wildman–Crippen LogP) is 4.30. The normalized spacial score (nSPS) is 80.9. The molecule has 0 saturated carbocycles. The van der Waals surface area contributed by atoms with Gasteiger partial charge in [0.25, 0.3) is 0 Å². The van der Waals surface area contributed by atoms with Crippen LogP contribution in [0.25, 0.3) is 0 Å². The summed E-state index contributed by atoms with van der Waals surface area (Å²) in [6, 6.07) is 4.67. The Morgan fingerprint density at radius 2 is 1.69 bits per heavy atom. The molecule has 5 heteroatoms. The van der Waals surface area contributed by atoms with Crippen LogP contribution in [0.15, 0.2) is 18.2 Å². The Labute approximate surface area is 140 Å². The summed E-state index contributed by atoms with van der Waals surface area (Å²) in [6.45, 7) is -1.82. The molecule has 10 saturated heterocycles. The van der Waals surface area contributed by atoms with Crippen LogP contribution in [0.1, 0.15) is 17.3 Å². The van der Waals surface area contributed by atoms with Crippen molar-refractivity contribution in [1.29, 1.82) is 0 Å². The molecule has 1 aromatic rings. The van der Waals surface area contributed by atoms with Gasteiger partial charge >= 0.3 is 140 Å². The van der Waals surface area contributed by atoms with E-state index in [4.69, 9.17) is 0 Å². The van der Waals surface area contributed by atoms with Gasteiger partial charge < -0.3 is 0 Å². The fourth-order valence-corrected chi connectivity index (χ4v) is 90.7. The maximum atomic E-state index is 12.7. The number of hydrogen-bond donors (Lipinski definition) is 2. The van der Waals surface area contributed by atoms with Gasteiger partial charge in [-0.1, -0.05) is 0 Å². The van der Waals surface area contributed by atoms with Crippen molar-refractivity contribution in [2.45, 2.75) is 54.6 Å². The zero-order valence-electron chi connectivity index (χ0n) is 14.0. The molecule has 1 spiro atoms. The van der Waals surface area contributed by atoms with Crippen molar-refractivity contribution in [2.75, 3.05) is 5.32 Å². The molecule has 0 radical (unpaired) electrons. The van der Waals surface area contributed by atoms with Crippen molar-refractivity contribution >= 4 is 17.4 Å². The molecule has 0 aromatic heterocycles. The maximum absolute atomic E-state index is 12.7. The third-order valence-corrected chi connectivity index (χ3v) is 58.8. The van der Waals surface area contributed by atoms with Crippen LogP contribution >= 0.6 is 0 Å². The molecule has 2 N–H and O–H groups in total. The van der Waals surface area contributed by atoms with Crippen LogP contribution in [0.5, 0.6) is 5.75 Å². The summed E-state index contributed by atoms with van der Waals surface area (Å²) in [7, 11) is 0. The van der Waals surface area contributed by atoms with E-state index in [1.165, 1.54) is 46.7 Å². The quantitative estimate of drug-likeness (QED) is 0.344. The number of rotatable bonds is 2. The Kier molecular flexibility index (Phi) is 0.522. The van der Waals surface area contributed by atoms with E-state index in [2.05, 4.69) is 17.2 Å². The zero-order chi connectivity index (χ0) is 17.1. The molecule has 4 nitrogen and oxygen atoms in total. The number of Topliss-reactive ketones (excluding diaryl/α,β-unsaturated/α-hetero) is 1. The number of benzene rings is 1. The van der Waals surface area contributed by atoms with E-state index in [-0.39, 0.29) is 23.0 Å². The van der Waals surface area contributed by atoms with E-state index in [9.17, 15) is 14.7 Å². The Bertz CT molecular complexity index is 1490. The topological polar surface area (TPSA) is 66.4 Å². The van der Waals surface area contributed by atoms with Gasteiger partial charge in [-0.3, -0.25) is 0 Å². The monoisotopic (exact) mass is 387 g/mol.